The van der Waals surface area contributed by atoms with Crippen LogP contribution in [0.5, 0.6) is 0 Å². The fraction of sp³-hybridized carbons (Fsp3) is 0.833. The highest BCUT2D eigenvalue weighted by molar-refractivity contribution is 5.69. The van der Waals surface area contributed by atoms with Gasteiger partial charge >= 0.3 is 5.97 Å². The number of carbonyl (C=O) groups is 1. The van der Waals surface area contributed by atoms with Crippen LogP contribution in [0.15, 0.2) is 24.3 Å². The lowest BCUT2D eigenvalue weighted by atomic mass is 9.89. The monoisotopic (exact) mass is 448 g/mol. The van der Waals surface area contributed by atoms with Crippen LogP contribution in [0, 0.1) is 5.41 Å². The van der Waals surface area contributed by atoms with Crippen molar-refractivity contribution in [2.75, 3.05) is 6.61 Å². The molecule has 0 saturated carbocycles. The molecular formula is C30H56O2. The maximum absolute atomic E-state index is 11.8. The van der Waals surface area contributed by atoms with Gasteiger partial charge in [0.15, 0.2) is 0 Å². The molecule has 2 heteroatoms. The van der Waals surface area contributed by atoms with Crippen LogP contribution in [-0.2, 0) is 9.53 Å². The van der Waals surface area contributed by atoms with E-state index in [2.05, 4.69) is 52.0 Å². The fourth-order valence-corrected chi connectivity index (χ4v) is 3.80. The number of rotatable bonds is 22. The minimum Gasteiger partial charge on any atom is -0.466 e. The lowest BCUT2D eigenvalue weighted by molar-refractivity contribution is -0.143. The molecule has 0 unspecified atom stereocenters. The van der Waals surface area contributed by atoms with Gasteiger partial charge in [0.25, 0.3) is 0 Å². The van der Waals surface area contributed by atoms with Crippen LogP contribution in [0.25, 0.3) is 0 Å². The van der Waals surface area contributed by atoms with Crippen LogP contribution in [0.2, 0.25) is 0 Å². The van der Waals surface area contributed by atoms with Crippen LogP contribution in [-0.4, -0.2) is 12.6 Å². The van der Waals surface area contributed by atoms with Crippen molar-refractivity contribution in [3.8, 4) is 0 Å². The number of hydrogen-bond acceptors (Lipinski definition) is 2. The zero-order valence-electron chi connectivity index (χ0n) is 22.3. The molecule has 0 spiro atoms. The van der Waals surface area contributed by atoms with E-state index in [0.29, 0.717) is 18.4 Å². The largest absolute Gasteiger partial charge is 0.466 e. The van der Waals surface area contributed by atoms with Crippen molar-refractivity contribution in [3.63, 3.8) is 0 Å². The molecule has 0 aliphatic carbocycles. The molecule has 0 fully saturated rings. The normalized spacial score (nSPS) is 12.2. The first-order chi connectivity index (χ1) is 15.5. The van der Waals surface area contributed by atoms with Crippen LogP contribution in [0.4, 0.5) is 0 Å². The summed E-state index contributed by atoms with van der Waals surface area (Å²) in [7, 11) is 0. The summed E-state index contributed by atoms with van der Waals surface area (Å²) >= 11 is 0. The molecule has 0 aromatic rings. The predicted octanol–water partition coefficient (Wildman–Crippen LogP) is 10.1. The van der Waals surface area contributed by atoms with E-state index >= 15 is 0 Å². The Labute approximate surface area is 201 Å². The van der Waals surface area contributed by atoms with E-state index < -0.39 is 0 Å². The van der Waals surface area contributed by atoms with Crippen molar-refractivity contribution in [3.05, 3.63) is 24.3 Å². The van der Waals surface area contributed by atoms with Crippen LogP contribution >= 0.6 is 0 Å². The molecule has 0 N–H and O–H groups in total. The number of carbonyl (C=O) groups excluding carboxylic acids is 1. The first kappa shape index (κ1) is 30.9. The second-order valence-electron chi connectivity index (χ2n) is 10.6. The highest BCUT2D eigenvalue weighted by Crippen LogP contribution is 2.22. The van der Waals surface area contributed by atoms with Gasteiger partial charge in [-0.1, -0.05) is 116 Å². The molecule has 2 nitrogen and oxygen atoms in total. The Hall–Kier alpha value is -1.05. The Bertz CT molecular complexity index is 456. The molecule has 0 saturated heterocycles. The third-order valence-corrected chi connectivity index (χ3v) is 5.92. The van der Waals surface area contributed by atoms with Gasteiger partial charge in [-0.05, 0) is 56.8 Å². The first-order valence-electron chi connectivity index (χ1n) is 13.9. The number of hydrogen-bond donors (Lipinski definition) is 0. The van der Waals surface area contributed by atoms with Gasteiger partial charge < -0.3 is 4.74 Å². The van der Waals surface area contributed by atoms with Crippen molar-refractivity contribution in [2.45, 2.75) is 150 Å². The zero-order chi connectivity index (χ0) is 23.8. The van der Waals surface area contributed by atoms with E-state index in [-0.39, 0.29) is 5.97 Å². The van der Waals surface area contributed by atoms with E-state index in [4.69, 9.17) is 4.74 Å². The van der Waals surface area contributed by atoms with Crippen molar-refractivity contribution < 1.29 is 9.53 Å². The zero-order valence-corrected chi connectivity index (χ0v) is 22.3. The Morgan fingerprint density at radius 2 is 1.19 bits per heavy atom. The van der Waals surface area contributed by atoms with Crippen LogP contribution < -0.4 is 0 Å². The highest BCUT2D eigenvalue weighted by atomic mass is 16.5. The standard InChI is InChI=1S/C30H56O2/c1-5-6-7-8-9-10-11-12-13-14-15-16-17-20-23-26-29(31)32-28-25-22-19-18-21-24-27-30(2,3)4/h9-10,12-13H,5-8,11,14-28H2,1-4H3/b10-9-,13-12-. The summed E-state index contributed by atoms with van der Waals surface area (Å²) < 4.78 is 5.38. The molecule has 0 aliphatic rings. The molecule has 0 aliphatic heterocycles. The average molecular weight is 449 g/mol. The molecule has 188 valence electrons. The third-order valence-electron chi connectivity index (χ3n) is 5.92. The summed E-state index contributed by atoms with van der Waals surface area (Å²) in [5.74, 6) is 0.000796. The topological polar surface area (TPSA) is 26.3 Å². The number of unbranched alkanes of at least 4 members (excludes halogenated alkanes) is 13. The number of esters is 1. The number of ether oxygens (including phenoxy) is 1. The SMILES string of the molecule is CCCCC/C=C\C/C=C\CCCCCCCC(=O)OCCCCCCCCC(C)(C)C. The van der Waals surface area contributed by atoms with Crippen molar-refractivity contribution >= 4 is 5.97 Å². The summed E-state index contributed by atoms with van der Waals surface area (Å²) in [6.45, 7) is 9.81. The fourth-order valence-electron chi connectivity index (χ4n) is 3.80. The molecule has 0 amide bonds. The Kier molecular flexibility index (Phi) is 22.4. The van der Waals surface area contributed by atoms with Crippen LogP contribution in [0.1, 0.15) is 150 Å². The van der Waals surface area contributed by atoms with Gasteiger partial charge in [0.2, 0.25) is 0 Å². The summed E-state index contributed by atoms with van der Waals surface area (Å²) in [6, 6.07) is 0. The van der Waals surface area contributed by atoms with Gasteiger partial charge in [-0.25, -0.2) is 0 Å². The second-order valence-corrected chi connectivity index (χ2v) is 10.6. The first-order valence-corrected chi connectivity index (χ1v) is 13.9. The van der Waals surface area contributed by atoms with Gasteiger partial charge in [-0.3, -0.25) is 4.79 Å². The Balaban J connectivity index is 3.29. The Morgan fingerprint density at radius 3 is 1.81 bits per heavy atom. The van der Waals surface area contributed by atoms with E-state index in [1.165, 1.54) is 89.9 Å². The molecule has 0 aromatic carbocycles. The maximum atomic E-state index is 11.8. The maximum Gasteiger partial charge on any atom is 0.305 e. The predicted molar refractivity (Wildman–Crippen MR) is 142 cm³/mol. The summed E-state index contributed by atoms with van der Waals surface area (Å²) in [4.78, 5) is 11.8. The van der Waals surface area contributed by atoms with E-state index in [1.807, 2.05) is 0 Å². The summed E-state index contributed by atoms with van der Waals surface area (Å²) in [5.41, 5.74) is 0.468. The third kappa shape index (κ3) is 27.0. The van der Waals surface area contributed by atoms with Crippen molar-refractivity contribution in [2.24, 2.45) is 5.41 Å². The van der Waals surface area contributed by atoms with Crippen LogP contribution in [0.3, 0.4) is 0 Å². The van der Waals surface area contributed by atoms with Gasteiger partial charge in [-0.2, -0.15) is 0 Å². The molecule has 0 radical (unpaired) electrons. The molecule has 32 heavy (non-hydrogen) atoms. The molecule has 0 rings (SSSR count). The van der Waals surface area contributed by atoms with Gasteiger partial charge in [0, 0.05) is 6.42 Å². The van der Waals surface area contributed by atoms with Crippen molar-refractivity contribution in [1.82, 2.24) is 0 Å². The summed E-state index contributed by atoms with van der Waals surface area (Å²) in [6.07, 6.45) is 31.9. The number of allylic oxidation sites excluding steroid dienone is 4. The minimum atomic E-state index is 0.000796. The summed E-state index contributed by atoms with van der Waals surface area (Å²) in [5, 5.41) is 0. The van der Waals surface area contributed by atoms with Crippen molar-refractivity contribution in [1.29, 1.82) is 0 Å². The minimum absolute atomic E-state index is 0.000796. The van der Waals surface area contributed by atoms with Gasteiger partial charge in [0.05, 0.1) is 6.61 Å². The Morgan fingerprint density at radius 1 is 0.656 bits per heavy atom. The average Bonchev–Trinajstić information content (AvgIpc) is 2.74. The van der Waals surface area contributed by atoms with Gasteiger partial charge in [0.1, 0.15) is 0 Å². The molecule has 0 bridgehead atoms. The van der Waals surface area contributed by atoms with E-state index in [1.54, 1.807) is 0 Å². The van der Waals surface area contributed by atoms with Gasteiger partial charge in [-0.15, -0.1) is 0 Å². The lowest BCUT2D eigenvalue weighted by Gasteiger charge is -2.17. The molecule has 0 aromatic heterocycles. The van der Waals surface area contributed by atoms with E-state index in [0.717, 1.165) is 25.7 Å². The second kappa shape index (κ2) is 23.1. The highest BCUT2D eigenvalue weighted by Gasteiger charge is 2.08. The molecular weight excluding hydrogens is 392 g/mol. The lowest BCUT2D eigenvalue weighted by Crippen LogP contribution is -2.05. The smallest absolute Gasteiger partial charge is 0.305 e. The molecule has 0 heterocycles. The quantitative estimate of drug-likeness (QED) is 0.0935. The van der Waals surface area contributed by atoms with E-state index in [9.17, 15) is 4.79 Å². The molecule has 0 atom stereocenters.